The van der Waals surface area contributed by atoms with Crippen molar-refractivity contribution in [3.8, 4) is 23.8 Å². The first-order chi connectivity index (χ1) is 14.9. The lowest BCUT2D eigenvalue weighted by atomic mass is 10.2. The highest BCUT2D eigenvalue weighted by atomic mass is 79.9. The number of nitrogens with one attached hydrogen (secondary N) is 1. The third kappa shape index (κ3) is 5.69. The molecule has 0 aliphatic carbocycles. The summed E-state index contributed by atoms with van der Waals surface area (Å²) in [5, 5.41) is 2.15. The molecule has 0 atom stereocenters. The van der Waals surface area contributed by atoms with Crippen LogP contribution in [0.5, 0.6) is 11.5 Å². The van der Waals surface area contributed by atoms with Crippen LogP contribution in [0.3, 0.4) is 0 Å². The number of hydrogen-bond donors (Lipinski definition) is 1. The monoisotopic (exact) mass is 500 g/mol. The summed E-state index contributed by atoms with van der Waals surface area (Å²) in [7, 11) is 1.54. The molecule has 0 bridgehead atoms. The molecule has 2 aromatic rings. The number of imide groups is 1. The van der Waals surface area contributed by atoms with E-state index in [0.717, 1.165) is 16.7 Å². The molecule has 0 unspecified atom stereocenters. The first-order valence-corrected chi connectivity index (χ1v) is 10.6. The van der Waals surface area contributed by atoms with Crippen LogP contribution in [0.2, 0.25) is 0 Å². The fourth-order valence-electron chi connectivity index (χ4n) is 2.65. The number of rotatable bonds is 7. The fraction of sp³-hybridized carbons (Fsp3) is 0.136. The lowest BCUT2D eigenvalue weighted by Gasteiger charge is -2.12. The number of halogens is 1. The molecular weight excluding hydrogens is 484 g/mol. The number of benzene rings is 2. The Morgan fingerprint density at radius 2 is 2.00 bits per heavy atom. The van der Waals surface area contributed by atoms with Crippen molar-refractivity contribution >= 4 is 56.5 Å². The second kappa shape index (κ2) is 10.2. The molecule has 31 heavy (non-hydrogen) atoms. The number of ether oxygens (including phenoxy) is 2. The minimum absolute atomic E-state index is 0.134. The van der Waals surface area contributed by atoms with Crippen LogP contribution in [0.1, 0.15) is 5.56 Å². The Balaban J connectivity index is 1.66. The Kier molecular flexibility index (Phi) is 7.39. The van der Waals surface area contributed by atoms with Gasteiger partial charge in [0.1, 0.15) is 24.7 Å². The van der Waals surface area contributed by atoms with Gasteiger partial charge in [0.15, 0.2) is 0 Å². The number of carbonyl (C=O) groups is 3. The zero-order valence-electron chi connectivity index (χ0n) is 16.4. The van der Waals surface area contributed by atoms with Crippen LogP contribution in [0.25, 0.3) is 6.08 Å². The van der Waals surface area contributed by atoms with E-state index in [1.165, 1.54) is 0 Å². The van der Waals surface area contributed by atoms with E-state index in [0.29, 0.717) is 27.2 Å². The van der Waals surface area contributed by atoms with Crippen LogP contribution in [0.4, 0.5) is 10.5 Å². The van der Waals surface area contributed by atoms with Gasteiger partial charge >= 0.3 is 0 Å². The molecule has 3 amide bonds. The molecule has 1 aliphatic rings. The van der Waals surface area contributed by atoms with Crippen LogP contribution in [0, 0.1) is 12.3 Å². The van der Waals surface area contributed by atoms with Gasteiger partial charge in [-0.05, 0) is 75.7 Å². The predicted molar refractivity (Wildman–Crippen MR) is 123 cm³/mol. The zero-order valence-corrected chi connectivity index (χ0v) is 18.8. The van der Waals surface area contributed by atoms with Crippen LogP contribution < -0.4 is 14.8 Å². The van der Waals surface area contributed by atoms with Crippen LogP contribution >= 0.6 is 27.7 Å². The highest BCUT2D eigenvalue weighted by Gasteiger charge is 2.36. The van der Waals surface area contributed by atoms with Crippen molar-refractivity contribution < 1.29 is 23.9 Å². The average Bonchev–Trinajstić information content (AvgIpc) is 3.01. The molecule has 1 heterocycles. The predicted octanol–water partition coefficient (Wildman–Crippen LogP) is 4.14. The molecule has 0 spiro atoms. The first-order valence-electron chi connectivity index (χ1n) is 8.96. The first kappa shape index (κ1) is 22.5. The lowest BCUT2D eigenvalue weighted by Crippen LogP contribution is -2.36. The molecule has 0 saturated carbocycles. The molecular formula is C22H17BrN2O5S. The maximum atomic E-state index is 12.6. The van der Waals surface area contributed by atoms with Gasteiger partial charge < -0.3 is 14.8 Å². The van der Waals surface area contributed by atoms with Crippen molar-refractivity contribution in [2.75, 3.05) is 25.6 Å². The van der Waals surface area contributed by atoms with Crippen molar-refractivity contribution in [2.45, 2.75) is 0 Å². The van der Waals surface area contributed by atoms with Crippen molar-refractivity contribution in [3.63, 3.8) is 0 Å². The second-order valence-electron chi connectivity index (χ2n) is 6.23. The van der Waals surface area contributed by atoms with E-state index < -0.39 is 17.1 Å². The molecule has 3 rings (SSSR count). The number of hydrogen-bond acceptors (Lipinski definition) is 6. The Bertz CT molecular complexity index is 1090. The summed E-state index contributed by atoms with van der Waals surface area (Å²) in [5.74, 6) is 2.60. The minimum atomic E-state index is -0.524. The highest BCUT2D eigenvalue weighted by Crippen LogP contribution is 2.33. The molecule has 1 N–H and O–H groups in total. The highest BCUT2D eigenvalue weighted by molar-refractivity contribution is 9.10. The number of terminal acetylenes is 1. The molecule has 1 aliphatic heterocycles. The number of amides is 3. The summed E-state index contributed by atoms with van der Waals surface area (Å²) in [6, 6.07) is 11.9. The summed E-state index contributed by atoms with van der Waals surface area (Å²) in [6.07, 6.45) is 6.77. The third-order valence-corrected chi connectivity index (χ3v) is 5.64. The van der Waals surface area contributed by atoms with Gasteiger partial charge in [-0.25, -0.2) is 0 Å². The Labute approximate surface area is 191 Å². The van der Waals surface area contributed by atoms with Crippen LogP contribution in [-0.4, -0.2) is 42.2 Å². The van der Waals surface area contributed by atoms with Crippen molar-refractivity contribution in [3.05, 3.63) is 57.4 Å². The lowest BCUT2D eigenvalue weighted by molar-refractivity contribution is -0.127. The third-order valence-electron chi connectivity index (χ3n) is 4.11. The van der Waals surface area contributed by atoms with Gasteiger partial charge in [0.05, 0.1) is 16.5 Å². The molecule has 2 aromatic carbocycles. The van der Waals surface area contributed by atoms with Gasteiger partial charge in [0.2, 0.25) is 5.91 Å². The van der Waals surface area contributed by atoms with Gasteiger partial charge in [0.25, 0.3) is 11.1 Å². The van der Waals surface area contributed by atoms with E-state index in [9.17, 15) is 14.4 Å². The maximum Gasteiger partial charge on any atom is 0.294 e. The normalized spacial score (nSPS) is 14.5. The Morgan fingerprint density at radius 1 is 1.26 bits per heavy atom. The molecule has 1 fully saturated rings. The van der Waals surface area contributed by atoms with Crippen molar-refractivity contribution in [1.82, 2.24) is 4.90 Å². The molecule has 158 valence electrons. The molecule has 9 heteroatoms. The topological polar surface area (TPSA) is 84.9 Å². The van der Waals surface area contributed by atoms with E-state index in [1.807, 2.05) is 0 Å². The summed E-state index contributed by atoms with van der Waals surface area (Å²) in [5.41, 5.74) is 1.22. The van der Waals surface area contributed by atoms with Crippen LogP contribution in [0.15, 0.2) is 51.8 Å². The minimum Gasteiger partial charge on any atom is -0.497 e. The van der Waals surface area contributed by atoms with E-state index in [-0.39, 0.29) is 18.1 Å². The number of thioether (sulfide) groups is 1. The molecule has 0 radical (unpaired) electrons. The molecule has 0 aromatic heterocycles. The van der Waals surface area contributed by atoms with E-state index in [2.05, 4.69) is 27.2 Å². The Morgan fingerprint density at radius 3 is 2.65 bits per heavy atom. The molecule has 1 saturated heterocycles. The van der Waals surface area contributed by atoms with Crippen molar-refractivity contribution in [1.29, 1.82) is 0 Å². The van der Waals surface area contributed by atoms with Gasteiger partial charge in [-0.15, -0.1) is 6.42 Å². The van der Waals surface area contributed by atoms with E-state index in [1.54, 1.807) is 55.7 Å². The standard InChI is InChI=1S/C22H17BrN2O5S/c1-3-10-30-18-9-4-14(11-17(18)23)12-19-21(27)25(22(28)31-19)13-20(26)24-15-5-7-16(29-2)8-6-15/h1,4-9,11-12H,10,13H2,2H3,(H,24,26)/b19-12+. The SMILES string of the molecule is C#CCOc1ccc(/C=C2/SC(=O)N(CC(=O)Nc3ccc(OC)cc3)C2=O)cc1Br. The summed E-state index contributed by atoms with van der Waals surface area (Å²) in [6.45, 7) is -0.244. The summed E-state index contributed by atoms with van der Waals surface area (Å²) in [4.78, 5) is 38.4. The summed E-state index contributed by atoms with van der Waals surface area (Å²) < 4.78 is 11.1. The number of anilines is 1. The van der Waals surface area contributed by atoms with E-state index in [4.69, 9.17) is 15.9 Å². The smallest absolute Gasteiger partial charge is 0.294 e. The Hall–Kier alpha value is -3.22. The maximum absolute atomic E-state index is 12.6. The number of carbonyl (C=O) groups excluding carboxylic acids is 3. The zero-order chi connectivity index (χ0) is 22.4. The van der Waals surface area contributed by atoms with Crippen LogP contribution in [-0.2, 0) is 9.59 Å². The number of nitrogens with zero attached hydrogens (tertiary/aromatic N) is 1. The number of methoxy groups -OCH3 is 1. The average molecular weight is 501 g/mol. The van der Waals surface area contributed by atoms with Gasteiger partial charge in [-0.3, -0.25) is 19.3 Å². The largest absolute Gasteiger partial charge is 0.497 e. The quantitative estimate of drug-likeness (QED) is 0.454. The van der Waals surface area contributed by atoms with Gasteiger partial charge in [0, 0.05) is 5.69 Å². The fourth-order valence-corrected chi connectivity index (χ4v) is 4.00. The van der Waals surface area contributed by atoms with Gasteiger partial charge in [-0.2, -0.15) is 0 Å². The molecule has 7 nitrogen and oxygen atoms in total. The summed E-state index contributed by atoms with van der Waals surface area (Å²) >= 11 is 4.17. The van der Waals surface area contributed by atoms with Gasteiger partial charge in [-0.1, -0.05) is 12.0 Å². The van der Waals surface area contributed by atoms with Crippen molar-refractivity contribution in [2.24, 2.45) is 0 Å². The second-order valence-corrected chi connectivity index (χ2v) is 8.07. The van der Waals surface area contributed by atoms with E-state index >= 15 is 0 Å².